The minimum Gasteiger partial charge on any atom is -0.310 e. The van der Waals surface area contributed by atoms with Crippen LogP contribution < -0.4 is 5.32 Å². The molecule has 100 valence electrons. The van der Waals surface area contributed by atoms with E-state index >= 15 is 0 Å². The number of nitrogens with zero attached hydrogens (tertiary/aromatic N) is 1. The maximum absolute atomic E-state index is 4.57. The molecule has 0 bridgehead atoms. The van der Waals surface area contributed by atoms with Crippen molar-refractivity contribution < 1.29 is 0 Å². The van der Waals surface area contributed by atoms with Crippen LogP contribution in [-0.4, -0.2) is 17.3 Å². The molecule has 1 unspecified atom stereocenters. The van der Waals surface area contributed by atoms with Crippen LogP contribution in [0.3, 0.4) is 0 Å². The van der Waals surface area contributed by atoms with E-state index in [9.17, 15) is 0 Å². The molecule has 2 rings (SSSR count). The van der Waals surface area contributed by atoms with E-state index in [1.54, 1.807) is 0 Å². The minimum absolute atomic E-state index is 0.399. The molecule has 1 heterocycles. The number of thioether (sulfide) groups is 1. The predicted molar refractivity (Wildman–Crippen MR) is 79.0 cm³/mol. The molecule has 1 aliphatic rings. The van der Waals surface area contributed by atoms with E-state index < -0.39 is 0 Å². The van der Waals surface area contributed by atoms with Crippen molar-refractivity contribution in [2.45, 2.75) is 50.6 Å². The average molecular weight is 264 g/mol. The molecule has 1 aromatic rings. The van der Waals surface area contributed by atoms with Crippen LogP contribution in [0.5, 0.6) is 0 Å². The number of pyridine rings is 1. The first-order valence-electron chi connectivity index (χ1n) is 7.11. The largest absolute Gasteiger partial charge is 0.310 e. The van der Waals surface area contributed by atoms with Gasteiger partial charge < -0.3 is 5.32 Å². The van der Waals surface area contributed by atoms with Gasteiger partial charge in [-0.05, 0) is 43.9 Å². The van der Waals surface area contributed by atoms with E-state index in [0.29, 0.717) is 6.04 Å². The van der Waals surface area contributed by atoms with Gasteiger partial charge in [0.1, 0.15) is 0 Å². The Kier molecular flexibility index (Phi) is 5.51. The van der Waals surface area contributed by atoms with Crippen LogP contribution in [0.2, 0.25) is 0 Å². The minimum atomic E-state index is 0.399. The lowest BCUT2D eigenvalue weighted by Gasteiger charge is -2.13. The van der Waals surface area contributed by atoms with Crippen molar-refractivity contribution in [1.82, 2.24) is 10.3 Å². The van der Waals surface area contributed by atoms with Crippen molar-refractivity contribution in [2.75, 3.05) is 12.3 Å². The van der Waals surface area contributed by atoms with Gasteiger partial charge >= 0.3 is 0 Å². The van der Waals surface area contributed by atoms with E-state index in [1.807, 2.05) is 18.0 Å². The summed E-state index contributed by atoms with van der Waals surface area (Å²) in [6.45, 7) is 5.32. The molecular weight excluding hydrogens is 240 g/mol. The summed E-state index contributed by atoms with van der Waals surface area (Å²) in [4.78, 5) is 4.57. The van der Waals surface area contributed by atoms with E-state index in [0.717, 1.165) is 12.5 Å². The molecule has 0 spiro atoms. The highest BCUT2D eigenvalue weighted by Gasteiger charge is 2.15. The maximum atomic E-state index is 4.57. The van der Waals surface area contributed by atoms with Gasteiger partial charge in [-0.3, -0.25) is 0 Å². The molecule has 1 N–H and O–H groups in total. The first kappa shape index (κ1) is 13.9. The highest BCUT2D eigenvalue weighted by Crippen LogP contribution is 2.30. The molecule has 2 nitrogen and oxygen atoms in total. The van der Waals surface area contributed by atoms with Crippen molar-refractivity contribution in [2.24, 2.45) is 5.92 Å². The van der Waals surface area contributed by atoms with Crippen LogP contribution in [0.25, 0.3) is 0 Å². The third-order valence-electron chi connectivity index (χ3n) is 3.71. The van der Waals surface area contributed by atoms with Crippen LogP contribution in [0.1, 0.15) is 51.1 Å². The van der Waals surface area contributed by atoms with E-state index in [4.69, 9.17) is 0 Å². The fraction of sp³-hybridized carbons (Fsp3) is 0.667. The quantitative estimate of drug-likeness (QED) is 0.785. The molecule has 0 aliphatic heterocycles. The molecule has 1 saturated carbocycles. The molecule has 0 radical (unpaired) electrons. The molecule has 1 aliphatic carbocycles. The zero-order chi connectivity index (χ0) is 12.8. The van der Waals surface area contributed by atoms with Gasteiger partial charge in [0, 0.05) is 18.0 Å². The van der Waals surface area contributed by atoms with Gasteiger partial charge in [-0.25, -0.2) is 4.98 Å². The fourth-order valence-corrected chi connectivity index (χ4v) is 3.57. The summed E-state index contributed by atoms with van der Waals surface area (Å²) in [5.41, 5.74) is 1.28. The number of hydrogen-bond donors (Lipinski definition) is 1. The average Bonchev–Trinajstić information content (AvgIpc) is 2.90. The monoisotopic (exact) mass is 264 g/mol. The van der Waals surface area contributed by atoms with Gasteiger partial charge in [-0.1, -0.05) is 25.8 Å². The van der Waals surface area contributed by atoms with Gasteiger partial charge in [0.25, 0.3) is 0 Å². The summed E-state index contributed by atoms with van der Waals surface area (Å²) in [5, 5.41) is 4.59. The Labute approximate surface area is 115 Å². The zero-order valence-corrected chi connectivity index (χ0v) is 12.3. The zero-order valence-electron chi connectivity index (χ0n) is 11.5. The molecule has 1 aromatic heterocycles. The summed E-state index contributed by atoms with van der Waals surface area (Å²) >= 11 is 1.92. The summed E-state index contributed by atoms with van der Waals surface area (Å²) in [6.07, 6.45) is 7.71. The lowest BCUT2D eigenvalue weighted by molar-refractivity contribution is 0.595. The molecule has 0 amide bonds. The molecule has 3 heteroatoms. The SMILES string of the molecule is CCNC(C)c1ccc(SCC2CCCC2)nc1. The van der Waals surface area contributed by atoms with Crippen molar-refractivity contribution in [1.29, 1.82) is 0 Å². The van der Waals surface area contributed by atoms with Crippen molar-refractivity contribution in [3.8, 4) is 0 Å². The van der Waals surface area contributed by atoms with E-state index in [1.165, 1.54) is 42.0 Å². The Bertz CT molecular complexity index is 344. The number of nitrogens with one attached hydrogen (secondary N) is 1. The Morgan fingerprint density at radius 1 is 1.39 bits per heavy atom. The summed E-state index contributed by atoms with van der Waals surface area (Å²) in [7, 11) is 0. The van der Waals surface area contributed by atoms with Gasteiger partial charge in [0.05, 0.1) is 5.03 Å². The Morgan fingerprint density at radius 2 is 2.17 bits per heavy atom. The van der Waals surface area contributed by atoms with Gasteiger partial charge in [-0.2, -0.15) is 0 Å². The lowest BCUT2D eigenvalue weighted by atomic mass is 10.1. The first-order valence-corrected chi connectivity index (χ1v) is 8.10. The van der Waals surface area contributed by atoms with Crippen molar-refractivity contribution >= 4 is 11.8 Å². The summed E-state index contributed by atoms with van der Waals surface area (Å²) in [5.74, 6) is 2.17. The molecule has 18 heavy (non-hydrogen) atoms. The second kappa shape index (κ2) is 7.15. The summed E-state index contributed by atoms with van der Waals surface area (Å²) < 4.78 is 0. The highest BCUT2D eigenvalue weighted by atomic mass is 32.2. The Balaban J connectivity index is 1.83. The number of hydrogen-bond acceptors (Lipinski definition) is 3. The fourth-order valence-electron chi connectivity index (χ4n) is 2.54. The van der Waals surface area contributed by atoms with Crippen molar-refractivity contribution in [3.63, 3.8) is 0 Å². The van der Waals surface area contributed by atoms with Crippen LogP contribution in [-0.2, 0) is 0 Å². The Morgan fingerprint density at radius 3 is 2.78 bits per heavy atom. The van der Waals surface area contributed by atoms with Crippen molar-refractivity contribution in [3.05, 3.63) is 23.9 Å². The smallest absolute Gasteiger partial charge is 0.0960 e. The van der Waals surface area contributed by atoms with Gasteiger partial charge in [-0.15, -0.1) is 11.8 Å². The van der Waals surface area contributed by atoms with Crippen LogP contribution in [0.4, 0.5) is 0 Å². The number of aromatic nitrogens is 1. The normalized spacial score (nSPS) is 18.1. The van der Waals surface area contributed by atoms with Crippen LogP contribution in [0.15, 0.2) is 23.4 Å². The van der Waals surface area contributed by atoms with Gasteiger partial charge in [0.2, 0.25) is 0 Å². The van der Waals surface area contributed by atoms with Gasteiger partial charge in [0.15, 0.2) is 0 Å². The van der Waals surface area contributed by atoms with E-state index in [2.05, 4.69) is 36.3 Å². The second-order valence-corrected chi connectivity index (χ2v) is 6.21. The van der Waals surface area contributed by atoms with Crippen LogP contribution in [0, 0.1) is 5.92 Å². The molecule has 0 aromatic carbocycles. The maximum Gasteiger partial charge on any atom is 0.0960 e. The third-order valence-corrected chi connectivity index (χ3v) is 4.89. The standard InChI is InChI=1S/C15H24N2S/c1-3-16-12(2)14-8-9-15(17-10-14)18-11-13-6-4-5-7-13/h8-10,12-13,16H,3-7,11H2,1-2H3. The first-order chi connectivity index (χ1) is 8.79. The highest BCUT2D eigenvalue weighted by molar-refractivity contribution is 7.99. The third kappa shape index (κ3) is 3.99. The second-order valence-electron chi connectivity index (χ2n) is 5.17. The molecule has 1 fully saturated rings. The lowest BCUT2D eigenvalue weighted by Crippen LogP contribution is -2.17. The summed E-state index contributed by atoms with van der Waals surface area (Å²) in [6, 6.07) is 4.77. The predicted octanol–water partition coefficient (Wildman–Crippen LogP) is 4.03. The number of rotatable bonds is 6. The molecule has 0 saturated heterocycles. The van der Waals surface area contributed by atoms with Crippen LogP contribution >= 0.6 is 11.8 Å². The Hall–Kier alpha value is -0.540. The molecular formula is C15H24N2S. The topological polar surface area (TPSA) is 24.9 Å². The molecule has 1 atom stereocenters. The van der Waals surface area contributed by atoms with E-state index in [-0.39, 0.29) is 0 Å².